The van der Waals surface area contributed by atoms with Gasteiger partial charge in [0.25, 0.3) is 5.91 Å². The summed E-state index contributed by atoms with van der Waals surface area (Å²) in [6.07, 6.45) is 1.51. The van der Waals surface area contributed by atoms with Crippen molar-refractivity contribution in [1.29, 1.82) is 0 Å². The van der Waals surface area contributed by atoms with Gasteiger partial charge in [-0.2, -0.15) is 5.10 Å². The monoisotopic (exact) mass is 495 g/mol. The number of amides is 1. The number of halogens is 2. The second-order valence-corrected chi connectivity index (χ2v) is 8.87. The molecule has 6 nitrogen and oxygen atoms in total. The summed E-state index contributed by atoms with van der Waals surface area (Å²) in [6, 6.07) is 22.7. The molecule has 3 aromatic carbocycles. The largest absolute Gasteiger partial charge is 0.272 e. The smallest absolute Gasteiger partial charge is 0.250 e. The first-order valence-corrected chi connectivity index (χ1v) is 11.7. The third-order valence-electron chi connectivity index (χ3n) is 4.66. The van der Waals surface area contributed by atoms with Gasteiger partial charge >= 0.3 is 0 Å². The Balaban J connectivity index is 1.52. The zero-order valence-electron chi connectivity index (χ0n) is 17.6. The van der Waals surface area contributed by atoms with Crippen molar-refractivity contribution in [3.63, 3.8) is 0 Å². The lowest BCUT2D eigenvalue weighted by Crippen LogP contribution is -2.20. The van der Waals surface area contributed by atoms with Crippen LogP contribution in [0, 0.1) is 6.92 Å². The Labute approximate surface area is 205 Å². The summed E-state index contributed by atoms with van der Waals surface area (Å²) < 4.78 is 1.92. The lowest BCUT2D eigenvalue weighted by Gasteiger charge is -2.10. The first-order chi connectivity index (χ1) is 16.0. The highest BCUT2D eigenvalue weighted by Gasteiger charge is 2.17. The van der Waals surface area contributed by atoms with Gasteiger partial charge in [0.2, 0.25) is 0 Å². The van der Waals surface area contributed by atoms with E-state index in [0.717, 1.165) is 22.4 Å². The third kappa shape index (κ3) is 5.82. The molecule has 0 spiro atoms. The van der Waals surface area contributed by atoms with Gasteiger partial charge in [-0.15, -0.1) is 10.2 Å². The SMILES string of the molecule is Cc1ccc(-n2c(SCC(=O)NN=Cc3ccccc3Cl)nnc2-c2ccc(Cl)cc2)cc1. The number of hydrazone groups is 1. The Morgan fingerprint density at radius 3 is 2.48 bits per heavy atom. The summed E-state index contributed by atoms with van der Waals surface area (Å²) in [5.74, 6) is 0.509. The van der Waals surface area contributed by atoms with Crippen molar-refractivity contribution >= 4 is 47.1 Å². The van der Waals surface area contributed by atoms with Crippen molar-refractivity contribution in [2.45, 2.75) is 12.1 Å². The highest BCUT2D eigenvalue weighted by Crippen LogP contribution is 2.28. The third-order valence-corrected chi connectivity index (χ3v) is 6.18. The van der Waals surface area contributed by atoms with Crippen LogP contribution in [-0.2, 0) is 4.79 Å². The van der Waals surface area contributed by atoms with Crippen molar-refractivity contribution in [3.05, 3.63) is 94.0 Å². The van der Waals surface area contributed by atoms with Gasteiger partial charge in [-0.1, -0.05) is 70.9 Å². The summed E-state index contributed by atoms with van der Waals surface area (Å²) in [4.78, 5) is 12.3. The molecule has 0 fully saturated rings. The first-order valence-electron chi connectivity index (χ1n) is 9.99. The molecule has 166 valence electrons. The van der Waals surface area contributed by atoms with E-state index in [-0.39, 0.29) is 11.7 Å². The summed E-state index contributed by atoms with van der Waals surface area (Å²) >= 11 is 13.4. The van der Waals surface area contributed by atoms with Crippen molar-refractivity contribution < 1.29 is 4.79 Å². The van der Waals surface area contributed by atoms with Gasteiger partial charge in [0, 0.05) is 26.9 Å². The number of hydrogen-bond acceptors (Lipinski definition) is 5. The topological polar surface area (TPSA) is 72.2 Å². The maximum absolute atomic E-state index is 12.3. The number of benzene rings is 3. The zero-order valence-corrected chi connectivity index (χ0v) is 19.9. The predicted molar refractivity (Wildman–Crippen MR) is 134 cm³/mol. The van der Waals surface area contributed by atoms with Crippen molar-refractivity contribution in [1.82, 2.24) is 20.2 Å². The number of carbonyl (C=O) groups is 1. The minimum atomic E-state index is -0.269. The quantitative estimate of drug-likeness (QED) is 0.200. The summed E-state index contributed by atoms with van der Waals surface area (Å²) in [5.41, 5.74) is 6.15. The number of aromatic nitrogens is 3. The van der Waals surface area contributed by atoms with Crippen LogP contribution in [0.1, 0.15) is 11.1 Å². The van der Waals surface area contributed by atoms with E-state index in [1.165, 1.54) is 18.0 Å². The fourth-order valence-corrected chi connectivity index (χ4v) is 4.05. The fraction of sp³-hybridized carbons (Fsp3) is 0.0833. The number of rotatable bonds is 7. The van der Waals surface area contributed by atoms with Crippen LogP contribution in [0.15, 0.2) is 83.1 Å². The van der Waals surface area contributed by atoms with E-state index in [2.05, 4.69) is 20.7 Å². The van der Waals surface area contributed by atoms with Crippen molar-refractivity contribution in [3.8, 4) is 17.1 Å². The number of carbonyl (C=O) groups excluding carboxylic acids is 1. The second-order valence-electron chi connectivity index (χ2n) is 7.09. The number of nitrogens with zero attached hydrogens (tertiary/aromatic N) is 4. The van der Waals surface area contributed by atoms with E-state index in [0.29, 0.717) is 21.0 Å². The fourth-order valence-electron chi connectivity index (χ4n) is 2.99. The van der Waals surface area contributed by atoms with Crippen LogP contribution >= 0.6 is 35.0 Å². The molecule has 0 aliphatic rings. The standard InChI is InChI=1S/C24H19Cl2N5OS/c1-16-6-12-20(13-7-16)31-23(17-8-10-19(25)11-9-17)29-30-24(31)33-15-22(32)28-27-14-18-4-2-3-5-21(18)26/h2-14H,15H2,1H3,(H,28,32). The molecular formula is C24H19Cl2N5OS. The molecule has 0 aliphatic heterocycles. The van der Waals surface area contributed by atoms with Crippen LogP contribution in [0.4, 0.5) is 0 Å². The molecule has 1 amide bonds. The normalized spacial score (nSPS) is 11.1. The van der Waals surface area contributed by atoms with Gasteiger partial charge < -0.3 is 0 Å². The van der Waals surface area contributed by atoms with E-state index in [4.69, 9.17) is 23.2 Å². The van der Waals surface area contributed by atoms with Crippen molar-refractivity contribution in [2.75, 3.05) is 5.75 Å². The Hall–Kier alpha value is -3.13. The van der Waals surface area contributed by atoms with Gasteiger partial charge in [0.05, 0.1) is 12.0 Å². The van der Waals surface area contributed by atoms with Gasteiger partial charge in [0.15, 0.2) is 11.0 Å². The van der Waals surface area contributed by atoms with E-state index in [1.54, 1.807) is 6.07 Å². The molecule has 0 atom stereocenters. The molecule has 1 N–H and O–H groups in total. The van der Waals surface area contributed by atoms with E-state index in [1.807, 2.05) is 78.2 Å². The zero-order chi connectivity index (χ0) is 23.2. The molecule has 4 rings (SSSR count). The van der Waals surface area contributed by atoms with E-state index >= 15 is 0 Å². The summed E-state index contributed by atoms with van der Waals surface area (Å²) in [5, 5.41) is 14.5. The van der Waals surface area contributed by atoms with Crippen molar-refractivity contribution in [2.24, 2.45) is 5.10 Å². The minimum Gasteiger partial charge on any atom is -0.272 e. The predicted octanol–water partition coefficient (Wildman–Crippen LogP) is 5.79. The molecule has 0 saturated carbocycles. The van der Waals surface area contributed by atoms with Crippen LogP contribution in [0.25, 0.3) is 17.1 Å². The van der Waals surface area contributed by atoms with Crippen LogP contribution < -0.4 is 5.43 Å². The maximum atomic E-state index is 12.3. The first kappa shape index (κ1) is 23.0. The molecular weight excluding hydrogens is 477 g/mol. The Morgan fingerprint density at radius 2 is 1.76 bits per heavy atom. The van der Waals surface area contributed by atoms with Gasteiger partial charge in [-0.25, -0.2) is 5.43 Å². The van der Waals surface area contributed by atoms with E-state index < -0.39 is 0 Å². The van der Waals surface area contributed by atoms with Gasteiger partial charge in [-0.05, 0) is 49.4 Å². The molecule has 33 heavy (non-hydrogen) atoms. The van der Waals surface area contributed by atoms with Crippen LogP contribution in [0.2, 0.25) is 10.0 Å². The van der Waals surface area contributed by atoms with Gasteiger partial charge in [-0.3, -0.25) is 9.36 Å². The summed E-state index contributed by atoms with van der Waals surface area (Å²) in [6.45, 7) is 2.03. The van der Waals surface area contributed by atoms with Gasteiger partial charge in [0.1, 0.15) is 0 Å². The molecule has 4 aromatic rings. The van der Waals surface area contributed by atoms with Crippen LogP contribution in [0.3, 0.4) is 0 Å². The highest BCUT2D eigenvalue weighted by atomic mass is 35.5. The molecule has 1 heterocycles. The molecule has 0 saturated heterocycles. The lowest BCUT2D eigenvalue weighted by molar-refractivity contribution is -0.118. The number of thioether (sulfide) groups is 1. The van der Waals surface area contributed by atoms with Crippen LogP contribution in [-0.4, -0.2) is 32.6 Å². The lowest BCUT2D eigenvalue weighted by atomic mass is 10.2. The Kier molecular flexibility index (Phi) is 7.44. The maximum Gasteiger partial charge on any atom is 0.250 e. The number of nitrogens with one attached hydrogen (secondary N) is 1. The van der Waals surface area contributed by atoms with E-state index in [9.17, 15) is 4.79 Å². The molecule has 1 aromatic heterocycles. The average molecular weight is 496 g/mol. The Morgan fingerprint density at radius 1 is 1.03 bits per heavy atom. The highest BCUT2D eigenvalue weighted by molar-refractivity contribution is 7.99. The molecule has 0 radical (unpaired) electrons. The number of hydrogen-bond donors (Lipinski definition) is 1. The number of aryl methyl sites for hydroxylation is 1. The Bertz CT molecular complexity index is 1290. The minimum absolute atomic E-state index is 0.116. The average Bonchev–Trinajstić information content (AvgIpc) is 3.24. The van der Waals surface area contributed by atoms with Crippen LogP contribution in [0.5, 0.6) is 0 Å². The molecule has 0 unspecified atom stereocenters. The molecule has 9 heteroatoms. The summed E-state index contributed by atoms with van der Waals surface area (Å²) in [7, 11) is 0. The molecule has 0 bridgehead atoms. The molecule has 0 aliphatic carbocycles. The second kappa shape index (κ2) is 10.7.